The van der Waals surface area contributed by atoms with E-state index in [1.807, 2.05) is 0 Å². The number of rotatable bonds is 0. The molecule has 0 aliphatic carbocycles. The second-order valence-electron chi connectivity index (χ2n) is 0.555. The smallest absolute Gasteiger partial charge is 0.144 e. The first-order valence-electron chi connectivity index (χ1n) is 1.22. The lowest BCUT2D eigenvalue weighted by atomic mass is 13.9. The maximum Gasteiger partial charge on any atom is 0.692 e. The first-order valence-corrected chi connectivity index (χ1v) is 3.67. The molecule has 0 aliphatic rings. The third kappa shape index (κ3) is 95900. The molecule has 0 spiro atoms. The summed E-state index contributed by atoms with van der Waals surface area (Å²) in [6.07, 6.45) is 0. The average molecular weight is 161 g/mol. The van der Waals surface area contributed by atoms with Gasteiger partial charge < -0.3 is 0 Å². The Morgan fingerprint density at radius 1 is 1.12 bits per heavy atom. The van der Waals surface area contributed by atoms with Crippen LogP contribution in [0.1, 0.15) is 0 Å². The van der Waals surface area contributed by atoms with Crippen molar-refractivity contribution in [3.05, 3.63) is 0 Å². The van der Waals surface area contributed by atoms with Gasteiger partial charge in [-0.25, -0.2) is 0 Å². The van der Waals surface area contributed by atoms with Gasteiger partial charge in [-0.1, -0.05) is 5.50 Å². The highest BCUT2D eigenvalue weighted by Crippen LogP contribution is 1.98. The first kappa shape index (κ1) is 10.9. The zero-order valence-corrected chi connectivity index (χ0v) is 5.42. The molecule has 0 aromatic rings. The minimum Gasteiger partial charge on any atom is -0.144 e. The summed E-state index contributed by atoms with van der Waals surface area (Å²) in [6.45, 7) is 0. The van der Waals surface area contributed by atoms with E-state index in [-0.39, 0.29) is 0 Å². The minimum absolute atomic E-state index is 2.37. The van der Waals surface area contributed by atoms with Gasteiger partial charge in [0.05, 0.1) is 0 Å². The SMILES string of the molecule is N[P+](=O)O.O=[P+](O)O. The molecule has 0 rings (SSSR count). The Kier molecular flexibility index (Phi) is 9.61. The highest BCUT2D eigenvalue weighted by atomic mass is 31.1. The molecular weight excluding hydrogens is 156 g/mol. The van der Waals surface area contributed by atoms with Gasteiger partial charge in [-0.3, -0.25) is 0 Å². The van der Waals surface area contributed by atoms with Crippen LogP contribution in [0.25, 0.3) is 0 Å². The molecule has 8 heteroatoms. The fourth-order valence-electron chi connectivity index (χ4n) is 0. The van der Waals surface area contributed by atoms with Crippen LogP contribution in [-0.4, -0.2) is 14.7 Å². The van der Waals surface area contributed by atoms with Crippen LogP contribution in [0.3, 0.4) is 0 Å². The third-order valence-electron chi connectivity index (χ3n) is 0. The summed E-state index contributed by atoms with van der Waals surface area (Å²) in [7, 11) is -5.24. The molecule has 0 saturated heterocycles. The van der Waals surface area contributed by atoms with Gasteiger partial charge in [-0.2, -0.15) is 0 Å². The summed E-state index contributed by atoms with van der Waals surface area (Å²) >= 11 is 0. The first-order chi connectivity index (χ1) is 3.46. The Balaban J connectivity index is 0. The van der Waals surface area contributed by atoms with Crippen molar-refractivity contribution in [3.8, 4) is 0 Å². The Labute approximate surface area is 46.8 Å². The molecule has 48 valence electrons. The van der Waals surface area contributed by atoms with Crippen LogP contribution >= 0.6 is 16.4 Å². The second kappa shape index (κ2) is 7.04. The Morgan fingerprint density at radius 2 is 1.12 bits per heavy atom. The third-order valence-corrected chi connectivity index (χ3v) is 0. The fraction of sp³-hybridized carbons (Fsp3) is 0. The van der Waals surface area contributed by atoms with E-state index < -0.39 is 16.4 Å². The molecule has 0 aromatic carbocycles. The molecule has 0 fully saturated rings. The normalized spacial score (nSPS) is 8.75. The van der Waals surface area contributed by atoms with Crippen molar-refractivity contribution >= 4 is 16.4 Å². The van der Waals surface area contributed by atoms with Gasteiger partial charge in [-0.15, -0.1) is 14.7 Å². The molecule has 0 aliphatic heterocycles. The van der Waals surface area contributed by atoms with Crippen LogP contribution in [-0.2, 0) is 9.13 Å². The molecule has 1 atom stereocenters. The Bertz CT molecular complexity index is 68.4. The van der Waals surface area contributed by atoms with Crippen LogP contribution in [0.5, 0.6) is 0 Å². The van der Waals surface area contributed by atoms with Gasteiger partial charge in [-0.05, 0) is 4.57 Å². The molecule has 0 heterocycles. The molecule has 5 N–H and O–H groups in total. The number of hydrogen-bond acceptors (Lipinski definition) is 2. The Morgan fingerprint density at radius 3 is 1.12 bits per heavy atom. The maximum atomic E-state index is 8.93. The van der Waals surface area contributed by atoms with E-state index in [1.54, 1.807) is 0 Å². The Hall–Kier alpha value is 0.0400. The molecular formula is H5NO5P2+2. The summed E-state index contributed by atoms with van der Waals surface area (Å²) in [6, 6.07) is 0. The van der Waals surface area contributed by atoms with Crippen LogP contribution in [0.15, 0.2) is 0 Å². The molecule has 0 bridgehead atoms. The van der Waals surface area contributed by atoms with Crippen LogP contribution < -0.4 is 5.50 Å². The van der Waals surface area contributed by atoms with Crippen molar-refractivity contribution in [1.82, 2.24) is 0 Å². The van der Waals surface area contributed by atoms with Crippen LogP contribution in [0, 0.1) is 0 Å². The zero-order valence-electron chi connectivity index (χ0n) is 3.63. The van der Waals surface area contributed by atoms with E-state index in [2.05, 4.69) is 5.50 Å². The molecule has 0 saturated carbocycles. The van der Waals surface area contributed by atoms with Crippen molar-refractivity contribution in [2.75, 3.05) is 0 Å². The summed E-state index contributed by atoms with van der Waals surface area (Å²) in [5, 5.41) is 0. The zero-order chi connectivity index (χ0) is 7.15. The lowest BCUT2D eigenvalue weighted by molar-refractivity contribution is 0.405. The lowest BCUT2D eigenvalue weighted by Gasteiger charge is -1.36. The van der Waals surface area contributed by atoms with Gasteiger partial charge in [0.25, 0.3) is 0 Å². The largest absolute Gasteiger partial charge is 0.692 e. The summed E-state index contributed by atoms with van der Waals surface area (Å²) in [5.41, 5.74) is 4.18. The molecule has 0 amide bonds. The predicted molar refractivity (Wildman–Crippen MR) is 26.1 cm³/mol. The van der Waals surface area contributed by atoms with E-state index >= 15 is 0 Å². The summed E-state index contributed by atoms with van der Waals surface area (Å²) < 4.78 is 17.6. The standard InChI is InChI=1S/H2NO2P.HO3P/c2*1-4(2)3/h(H2-,1,2,3);(H-,1,2,3)/p+2. The van der Waals surface area contributed by atoms with Crippen molar-refractivity contribution in [3.63, 3.8) is 0 Å². The van der Waals surface area contributed by atoms with Gasteiger partial charge in [0.1, 0.15) is 0 Å². The van der Waals surface area contributed by atoms with Crippen molar-refractivity contribution in [2.24, 2.45) is 5.50 Å². The van der Waals surface area contributed by atoms with E-state index in [0.717, 1.165) is 0 Å². The maximum absolute atomic E-state index is 8.93. The lowest BCUT2D eigenvalue weighted by Crippen LogP contribution is -1.68. The highest BCUT2D eigenvalue weighted by Gasteiger charge is 1.93. The summed E-state index contributed by atoms with van der Waals surface area (Å²) in [5.74, 6) is 0. The average Bonchev–Trinajstić information content (AvgIpc) is 1.25. The fourth-order valence-corrected chi connectivity index (χ4v) is 0. The molecule has 6 nitrogen and oxygen atoms in total. The summed E-state index contributed by atoms with van der Waals surface area (Å²) in [4.78, 5) is 21.6. The van der Waals surface area contributed by atoms with Gasteiger partial charge in [0.2, 0.25) is 0 Å². The molecule has 8 heavy (non-hydrogen) atoms. The van der Waals surface area contributed by atoms with Crippen molar-refractivity contribution in [2.45, 2.75) is 0 Å². The van der Waals surface area contributed by atoms with E-state index in [4.69, 9.17) is 23.8 Å². The predicted octanol–water partition coefficient (Wildman–Crippen LogP) is -0.777. The van der Waals surface area contributed by atoms with E-state index in [9.17, 15) is 0 Å². The molecule has 0 radical (unpaired) electrons. The molecule has 0 aromatic heterocycles. The number of nitrogens with two attached hydrogens (primary N) is 1. The van der Waals surface area contributed by atoms with E-state index in [1.165, 1.54) is 0 Å². The van der Waals surface area contributed by atoms with Gasteiger partial charge in [0, 0.05) is 4.57 Å². The van der Waals surface area contributed by atoms with Gasteiger partial charge >= 0.3 is 16.4 Å². The molecule has 1 unspecified atom stereocenters. The second-order valence-corrected chi connectivity index (χ2v) is 1.67. The van der Waals surface area contributed by atoms with Crippen molar-refractivity contribution in [1.29, 1.82) is 0 Å². The monoisotopic (exact) mass is 161 g/mol. The van der Waals surface area contributed by atoms with Gasteiger partial charge in [0.15, 0.2) is 0 Å². The van der Waals surface area contributed by atoms with E-state index in [0.29, 0.717) is 0 Å². The van der Waals surface area contributed by atoms with Crippen LogP contribution in [0.4, 0.5) is 0 Å². The van der Waals surface area contributed by atoms with Crippen molar-refractivity contribution < 1.29 is 23.8 Å². The topological polar surface area (TPSA) is 121 Å². The van der Waals surface area contributed by atoms with Crippen LogP contribution in [0.2, 0.25) is 0 Å². The highest BCUT2D eigenvalue weighted by molar-refractivity contribution is 7.35. The minimum atomic E-state index is -2.87. The number of hydrogen-bond donors (Lipinski definition) is 4. The quantitative estimate of drug-likeness (QED) is 0.346.